The third kappa shape index (κ3) is 4.72. The van der Waals surface area contributed by atoms with Crippen molar-refractivity contribution in [2.45, 2.75) is 32.1 Å². The van der Waals surface area contributed by atoms with Crippen LogP contribution in [-0.4, -0.2) is 70.1 Å². The van der Waals surface area contributed by atoms with E-state index in [2.05, 4.69) is 0 Å². The molecular weight excluding hydrogens is 650 g/mol. The second-order valence-electron chi connectivity index (χ2n) is 13.6. The van der Waals surface area contributed by atoms with Crippen molar-refractivity contribution in [3.63, 3.8) is 0 Å². The number of fused-ring (bicyclic) bond motifs is 4. The largest absolute Gasteiger partial charge is 0.462 e. The number of amides is 3. The van der Waals surface area contributed by atoms with Gasteiger partial charge in [0.1, 0.15) is 12.0 Å². The van der Waals surface area contributed by atoms with E-state index in [4.69, 9.17) is 14.5 Å². The smallest absolute Gasteiger partial charge is 0.338 e. The van der Waals surface area contributed by atoms with Crippen LogP contribution in [0.4, 0.5) is 0 Å². The van der Waals surface area contributed by atoms with Crippen molar-refractivity contribution in [3.05, 3.63) is 130 Å². The van der Waals surface area contributed by atoms with Gasteiger partial charge in [-0.3, -0.25) is 29.0 Å². The van der Waals surface area contributed by atoms with Crippen molar-refractivity contribution < 1.29 is 38.2 Å². The van der Waals surface area contributed by atoms with Crippen molar-refractivity contribution in [1.82, 2.24) is 9.80 Å². The van der Waals surface area contributed by atoms with Gasteiger partial charge in [0.05, 0.1) is 29.3 Å². The number of aliphatic imine (C=N–C) groups is 1. The van der Waals surface area contributed by atoms with E-state index >= 15 is 0 Å². The summed E-state index contributed by atoms with van der Waals surface area (Å²) in [5, 5.41) is 1.89. The fourth-order valence-electron chi connectivity index (χ4n) is 7.75. The molecule has 4 atom stereocenters. The van der Waals surface area contributed by atoms with Crippen molar-refractivity contribution >= 4 is 51.7 Å². The highest BCUT2D eigenvalue weighted by atomic mass is 16.6. The third-order valence-corrected chi connectivity index (χ3v) is 10.4. The minimum absolute atomic E-state index is 0.0214. The molecule has 0 radical (unpaired) electrons. The van der Waals surface area contributed by atoms with Crippen molar-refractivity contribution in [2.24, 2.45) is 16.3 Å². The number of epoxide rings is 1. The molecule has 3 aromatic carbocycles. The van der Waals surface area contributed by atoms with Crippen molar-refractivity contribution in [2.75, 3.05) is 13.2 Å². The minimum atomic E-state index is -1.24. The number of Topliss-reactive ketones (excluding diaryl/α,β-unsaturated/α-hetero) is 2. The first-order valence-electron chi connectivity index (χ1n) is 16.8. The number of hydrogen-bond acceptors (Lipinski definition) is 9. The summed E-state index contributed by atoms with van der Waals surface area (Å²) in [7, 11) is 0. The topological polar surface area (TPSA) is 143 Å². The van der Waals surface area contributed by atoms with Gasteiger partial charge in [-0.2, -0.15) is 0 Å². The predicted octanol–water partition coefficient (Wildman–Crippen LogP) is 5.05. The van der Waals surface area contributed by atoms with Crippen LogP contribution in [0.25, 0.3) is 10.8 Å². The fourth-order valence-corrected chi connectivity index (χ4v) is 7.75. The quantitative estimate of drug-likeness (QED) is 0.111. The number of carbonyl (C=O) groups is 6. The van der Waals surface area contributed by atoms with Crippen LogP contribution in [0.1, 0.15) is 72.9 Å². The van der Waals surface area contributed by atoms with Gasteiger partial charge >= 0.3 is 5.97 Å². The van der Waals surface area contributed by atoms with E-state index in [-0.39, 0.29) is 47.2 Å². The van der Waals surface area contributed by atoms with Crippen LogP contribution in [0.3, 0.4) is 0 Å². The molecule has 252 valence electrons. The van der Waals surface area contributed by atoms with Crippen LogP contribution >= 0.6 is 0 Å². The molecule has 0 bridgehead atoms. The summed E-state index contributed by atoms with van der Waals surface area (Å²) in [5.74, 6) is -3.98. The molecule has 51 heavy (non-hydrogen) atoms. The van der Waals surface area contributed by atoms with E-state index in [1.165, 1.54) is 30.4 Å². The number of ether oxygens (including phenoxy) is 2. The van der Waals surface area contributed by atoms with Crippen LogP contribution in [0, 0.1) is 11.3 Å². The number of imide groups is 1. The van der Waals surface area contributed by atoms with Gasteiger partial charge in [-0.15, -0.1) is 0 Å². The van der Waals surface area contributed by atoms with Crippen LogP contribution < -0.4 is 0 Å². The molecule has 11 nitrogen and oxygen atoms in total. The molecule has 4 aliphatic heterocycles. The highest BCUT2D eigenvalue weighted by Gasteiger charge is 2.50. The molecule has 3 amide bonds. The third-order valence-electron chi connectivity index (χ3n) is 10.4. The maximum absolute atomic E-state index is 13.7. The molecule has 0 saturated carbocycles. The lowest BCUT2D eigenvalue weighted by atomic mass is 9.76. The minimum Gasteiger partial charge on any atom is -0.462 e. The first-order chi connectivity index (χ1) is 24.6. The molecule has 0 spiro atoms. The van der Waals surface area contributed by atoms with Gasteiger partial charge in [0, 0.05) is 46.2 Å². The number of rotatable bonds is 7. The molecule has 1 fully saturated rings. The molecule has 11 heteroatoms. The van der Waals surface area contributed by atoms with E-state index in [1.807, 2.05) is 55.5 Å². The lowest BCUT2D eigenvalue weighted by Gasteiger charge is -2.35. The van der Waals surface area contributed by atoms with Gasteiger partial charge in [-0.05, 0) is 60.2 Å². The maximum Gasteiger partial charge on any atom is 0.338 e. The molecule has 6 aliphatic rings. The molecule has 0 aromatic heterocycles. The lowest BCUT2D eigenvalue weighted by molar-refractivity contribution is -0.134. The summed E-state index contributed by atoms with van der Waals surface area (Å²) in [5.41, 5.74) is 2.26. The molecule has 4 heterocycles. The molecule has 1 saturated heterocycles. The second kappa shape index (κ2) is 11.2. The molecule has 3 aromatic rings. The summed E-state index contributed by atoms with van der Waals surface area (Å²) in [6.45, 7) is 2.25. The lowest BCUT2D eigenvalue weighted by Crippen LogP contribution is -2.35. The summed E-state index contributed by atoms with van der Waals surface area (Å²) in [6.07, 6.45) is 9.72. The Morgan fingerprint density at radius 3 is 2.49 bits per heavy atom. The Balaban J connectivity index is 0.892. The van der Waals surface area contributed by atoms with Crippen LogP contribution in [0.2, 0.25) is 0 Å². The standard InChI is InChI=1S/C40H29N3O8/c1-40-16-4-10-28(43-29(44)13-14-30(43)45)36(40)41-27(15-17-40)32-33(46)23-12-11-22(20-26(23)34(32)47)39(49)50-19-5-18-42-37(48)25-9-3-7-21-6-2-8-24(31(21)25)35-38(42)51-35/h2-4,6-15,17,20,32,35,38H,5,16,18-19H2,1H3. The first-order valence-corrected chi connectivity index (χ1v) is 16.8. The highest BCUT2D eigenvalue weighted by molar-refractivity contribution is 6.38. The van der Waals surface area contributed by atoms with Crippen LogP contribution in [0.15, 0.2) is 107 Å². The van der Waals surface area contributed by atoms with Crippen LogP contribution in [-0.2, 0) is 19.1 Å². The number of allylic oxidation sites excluding steroid dienone is 4. The number of nitrogens with zero attached hydrogens (tertiary/aromatic N) is 3. The fraction of sp³-hybridized carbons (Fsp3) is 0.225. The zero-order chi connectivity index (χ0) is 35.2. The van der Waals surface area contributed by atoms with E-state index < -0.39 is 40.7 Å². The summed E-state index contributed by atoms with van der Waals surface area (Å²) < 4.78 is 11.4. The Bertz CT molecular complexity index is 2320. The Kier molecular flexibility index (Phi) is 6.81. The Morgan fingerprint density at radius 1 is 0.922 bits per heavy atom. The highest BCUT2D eigenvalue weighted by Crippen LogP contribution is 2.48. The average Bonchev–Trinajstić information content (AvgIpc) is 3.80. The van der Waals surface area contributed by atoms with E-state index in [1.54, 1.807) is 17.1 Å². The molecule has 2 aliphatic carbocycles. The van der Waals surface area contributed by atoms with Gasteiger partial charge in [-0.1, -0.05) is 49.4 Å². The maximum atomic E-state index is 13.7. The number of hydrogen-bond donors (Lipinski definition) is 0. The summed E-state index contributed by atoms with van der Waals surface area (Å²) in [6, 6.07) is 15.9. The average molecular weight is 680 g/mol. The Hall–Kier alpha value is -6.07. The summed E-state index contributed by atoms with van der Waals surface area (Å²) in [4.78, 5) is 86.5. The van der Waals surface area contributed by atoms with E-state index in [0.29, 0.717) is 36.3 Å². The first kappa shape index (κ1) is 30.9. The molecule has 9 rings (SSSR count). The number of carbonyl (C=O) groups excluding carboxylic acids is 6. The van der Waals surface area contributed by atoms with Gasteiger partial charge in [-0.25, -0.2) is 9.69 Å². The number of dihydropyridines is 1. The normalized spacial score (nSPS) is 25.7. The van der Waals surface area contributed by atoms with E-state index in [9.17, 15) is 28.8 Å². The molecular formula is C40H29N3O8. The monoisotopic (exact) mass is 679 g/mol. The number of ketones is 2. The Labute approximate surface area is 291 Å². The number of esters is 1. The predicted molar refractivity (Wildman–Crippen MR) is 183 cm³/mol. The number of benzene rings is 3. The van der Waals surface area contributed by atoms with Gasteiger partial charge < -0.3 is 14.4 Å². The molecule has 4 unspecified atom stereocenters. The second-order valence-corrected chi connectivity index (χ2v) is 13.6. The molecule has 0 N–H and O–H groups in total. The van der Waals surface area contributed by atoms with Crippen molar-refractivity contribution in [1.29, 1.82) is 0 Å². The van der Waals surface area contributed by atoms with Gasteiger partial charge in [0.25, 0.3) is 17.7 Å². The van der Waals surface area contributed by atoms with Crippen molar-refractivity contribution in [3.8, 4) is 0 Å². The van der Waals surface area contributed by atoms with Gasteiger partial charge in [0.15, 0.2) is 17.8 Å². The Morgan fingerprint density at radius 2 is 1.69 bits per heavy atom. The SMILES string of the molecule is CC12C=CC(C3C(=O)c4ccc(C(=O)OCCCN5C(=O)c6cccc7cccc(c67)C6OC65)cc4C3=O)=NC1=C(N1C(=O)C=CC1=O)C=CC2. The van der Waals surface area contributed by atoms with Crippen LogP contribution in [0.5, 0.6) is 0 Å². The zero-order valence-electron chi connectivity index (χ0n) is 27.3. The zero-order valence-corrected chi connectivity index (χ0v) is 27.3. The van der Waals surface area contributed by atoms with Gasteiger partial charge in [0.2, 0.25) is 0 Å². The van der Waals surface area contributed by atoms with E-state index in [0.717, 1.165) is 21.2 Å². The summed E-state index contributed by atoms with van der Waals surface area (Å²) >= 11 is 0.